The van der Waals surface area contributed by atoms with E-state index in [9.17, 15) is 27.9 Å². The Morgan fingerprint density at radius 2 is 1.95 bits per heavy atom. The molecule has 0 saturated heterocycles. The van der Waals surface area contributed by atoms with Crippen molar-refractivity contribution in [3.8, 4) is 0 Å². The van der Waals surface area contributed by atoms with Gasteiger partial charge in [-0.25, -0.2) is 0 Å². The molecule has 0 aromatic carbocycles. The number of halogens is 3. The van der Waals surface area contributed by atoms with Gasteiger partial charge in [0.25, 0.3) is 5.56 Å². The molecule has 1 amide bonds. The Bertz CT molecular complexity index is 588. The molecule has 0 unspecified atom stereocenters. The van der Waals surface area contributed by atoms with Gasteiger partial charge in [0.1, 0.15) is 12.1 Å². The average molecular weight is 320 g/mol. The number of rotatable bonds is 5. The Hall–Kier alpha value is -1.83. The maximum absolute atomic E-state index is 12.7. The molecule has 22 heavy (non-hydrogen) atoms. The van der Waals surface area contributed by atoms with E-state index >= 15 is 0 Å². The van der Waals surface area contributed by atoms with Crippen LogP contribution in [0.3, 0.4) is 0 Å². The second-order valence-electron chi connectivity index (χ2n) is 5.57. The van der Waals surface area contributed by atoms with Gasteiger partial charge in [0.05, 0.1) is 5.60 Å². The molecule has 0 saturated carbocycles. The minimum atomic E-state index is -4.76. The zero-order chi connectivity index (χ0) is 17.1. The number of aliphatic hydroxyl groups is 1. The van der Waals surface area contributed by atoms with Crippen molar-refractivity contribution in [1.82, 2.24) is 9.47 Å². The first-order valence-corrected chi connectivity index (χ1v) is 6.72. The SMILES string of the molecule is CCN(CC(C)(C)O)C(=O)Cn1cccc(C(F)(F)F)c1=O. The summed E-state index contributed by atoms with van der Waals surface area (Å²) in [7, 11) is 0. The molecule has 1 aromatic rings. The van der Waals surface area contributed by atoms with Gasteiger partial charge in [0, 0.05) is 19.3 Å². The zero-order valence-corrected chi connectivity index (χ0v) is 12.6. The number of pyridine rings is 1. The molecule has 0 bridgehead atoms. The molecule has 0 radical (unpaired) electrons. The van der Waals surface area contributed by atoms with Gasteiger partial charge in [-0.05, 0) is 32.9 Å². The lowest BCUT2D eigenvalue weighted by Gasteiger charge is -2.28. The van der Waals surface area contributed by atoms with Gasteiger partial charge in [0.2, 0.25) is 5.91 Å². The average Bonchev–Trinajstić information content (AvgIpc) is 2.35. The fourth-order valence-corrected chi connectivity index (χ4v) is 1.97. The molecule has 0 aliphatic carbocycles. The summed E-state index contributed by atoms with van der Waals surface area (Å²) in [5.74, 6) is -0.536. The number of hydrogen-bond acceptors (Lipinski definition) is 3. The number of alkyl halides is 3. The molecule has 0 spiro atoms. The number of carbonyl (C=O) groups is 1. The van der Waals surface area contributed by atoms with Crippen LogP contribution in [0.25, 0.3) is 0 Å². The van der Waals surface area contributed by atoms with Gasteiger partial charge in [-0.1, -0.05) is 0 Å². The van der Waals surface area contributed by atoms with Crippen LogP contribution in [0.15, 0.2) is 23.1 Å². The van der Waals surface area contributed by atoms with Crippen LogP contribution in [0.4, 0.5) is 13.2 Å². The van der Waals surface area contributed by atoms with Crippen molar-refractivity contribution in [2.45, 2.75) is 39.1 Å². The van der Waals surface area contributed by atoms with Crippen LogP contribution < -0.4 is 5.56 Å². The summed E-state index contributed by atoms with van der Waals surface area (Å²) in [6.07, 6.45) is -3.63. The molecular weight excluding hydrogens is 301 g/mol. The van der Waals surface area contributed by atoms with E-state index in [0.29, 0.717) is 6.07 Å². The lowest BCUT2D eigenvalue weighted by molar-refractivity contribution is -0.140. The Morgan fingerprint density at radius 3 is 2.41 bits per heavy atom. The van der Waals surface area contributed by atoms with E-state index in [2.05, 4.69) is 0 Å². The Kier molecular flexibility index (Phi) is 5.39. The number of likely N-dealkylation sites (N-methyl/N-ethyl adjacent to an activating group) is 1. The minimum absolute atomic E-state index is 0.0239. The van der Waals surface area contributed by atoms with E-state index in [-0.39, 0.29) is 13.1 Å². The second kappa shape index (κ2) is 6.51. The lowest BCUT2D eigenvalue weighted by Crippen LogP contribution is -2.44. The van der Waals surface area contributed by atoms with Crippen LogP contribution in [-0.2, 0) is 17.5 Å². The first-order valence-electron chi connectivity index (χ1n) is 6.72. The highest BCUT2D eigenvalue weighted by molar-refractivity contribution is 5.76. The summed E-state index contributed by atoms with van der Waals surface area (Å²) in [6, 6.07) is 1.75. The van der Waals surface area contributed by atoms with Crippen molar-refractivity contribution in [2.75, 3.05) is 13.1 Å². The van der Waals surface area contributed by atoms with Crippen molar-refractivity contribution < 1.29 is 23.1 Å². The largest absolute Gasteiger partial charge is 0.421 e. The van der Waals surface area contributed by atoms with E-state index in [0.717, 1.165) is 16.8 Å². The van der Waals surface area contributed by atoms with Crippen LogP contribution in [0.2, 0.25) is 0 Å². The van der Waals surface area contributed by atoms with E-state index in [1.54, 1.807) is 6.92 Å². The van der Waals surface area contributed by atoms with Crippen molar-refractivity contribution >= 4 is 5.91 Å². The van der Waals surface area contributed by atoms with E-state index in [4.69, 9.17) is 0 Å². The maximum atomic E-state index is 12.7. The Labute approximate surface area is 126 Å². The number of nitrogens with zero attached hydrogens (tertiary/aromatic N) is 2. The van der Waals surface area contributed by atoms with Crippen molar-refractivity contribution in [1.29, 1.82) is 0 Å². The van der Waals surface area contributed by atoms with E-state index < -0.39 is 35.4 Å². The molecular formula is C14H19F3N2O3. The molecule has 1 aromatic heterocycles. The number of amides is 1. The lowest BCUT2D eigenvalue weighted by atomic mass is 10.1. The summed E-state index contributed by atoms with van der Waals surface area (Å²) in [5.41, 5.74) is -3.71. The van der Waals surface area contributed by atoms with Gasteiger partial charge in [-0.2, -0.15) is 13.2 Å². The van der Waals surface area contributed by atoms with Crippen LogP contribution in [0.1, 0.15) is 26.3 Å². The predicted molar refractivity (Wildman–Crippen MR) is 74.3 cm³/mol. The molecule has 0 atom stereocenters. The van der Waals surface area contributed by atoms with Crippen LogP contribution in [0.5, 0.6) is 0 Å². The standard InChI is InChI=1S/C14H19F3N2O3/c1-4-18(9-13(2,3)22)11(20)8-19-7-5-6-10(12(19)21)14(15,16)17/h5-7,22H,4,8-9H2,1-3H3. The Balaban J connectivity index is 3.00. The molecule has 1 heterocycles. The van der Waals surface area contributed by atoms with Gasteiger partial charge in [-0.15, -0.1) is 0 Å². The summed E-state index contributed by atoms with van der Waals surface area (Å²) < 4.78 is 38.7. The van der Waals surface area contributed by atoms with Crippen molar-refractivity contribution in [3.63, 3.8) is 0 Å². The number of carbonyl (C=O) groups excluding carboxylic acids is 1. The van der Waals surface area contributed by atoms with Gasteiger partial charge >= 0.3 is 6.18 Å². The molecule has 1 N–H and O–H groups in total. The highest BCUT2D eigenvalue weighted by Gasteiger charge is 2.34. The topological polar surface area (TPSA) is 62.5 Å². The molecule has 0 aliphatic rings. The van der Waals surface area contributed by atoms with E-state index in [1.807, 2.05) is 0 Å². The normalized spacial score (nSPS) is 12.3. The number of hydrogen-bond donors (Lipinski definition) is 1. The molecule has 124 valence electrons. The predicted octanol–water partition coefficient (Wildman–Crippen LogP) is 1.49. The van der Waals surface area contributed by atoms with Gasteiger partial charge in [0.15, 0.2) is 0 Å². The molecule has 0 aliphatic heterocycles. The molecule has 8 heteroatoms. The monoisotopic (exact) mass is 320 g/mol. The number of aromatic nitrogens is 1. The summed E-state index contributed by atoms with van der Waals surface area (Å²) in [4.78, 5) is 25.2. The summed E-state index contributed by atoms with van der Waals surface area (Å²) in [5, 5.41) is 9.73. The highest BCUT2D eigenvalue weighted by atomic mass is 19.4. The first-order chi connectivity index (χ1) is 9.95. The fraction of sp³-hybridized carbons (Fsp3) is 0.571. The third kappa shape index (κ3) is 4.87. The summed E-state index contributed by atoms with van der Waals surface area (Å²) in [6.45, 7) is 4.50. The second-order valence-corrected chi connectivity index (χ2v) is 5.57. The van der Waals surface area contributed by atoms with Crippen molar-refractivity contribution in [3.05, 3.63) is 34.2 Å². The third-order valence-corrected chi connectivity index (χ3v) is 2.94. The molecule has 0 fully saturated rings. The van der Waals surface area contributed by atoms with Gasteiger partial charge in [-0.3, -0.25) is 9.59 Å². The van der Waals surface area contributed by atoms with E-state index in [1.165, 1.54) is 18.7 Å². The van der Waals surface area contributed by atoms with Crippen LogP contribution >= 0.6 is 0 Å². The summed E-state index contributed by atoms with van der Waals surface area (Å²) >= 11 is 0. The highest BCUT2D eigenvalue weighted by Crippen LogP contribution is 2.25. The Morgan fingerprint density at radius 1 is 1.36 bits per heavy atom. The first kappa shape index (κ1) is 18.2. The van der Waals surface area contributed by atoms with Crippen molar-refractivity contribution in [2.24, 2.45) is 0 Å². The zero-order valence-electron chi connectivity index (χ0n) is 12.6. The third-order valence-electron chi connectivity index (χ3n) is 2.94. The fourth-order valence-electron chi connectivity index (χ4n) is 1.97. The van der Waals surface area contributed by atoms with Crippen LogP contribution in [0, 0.1) is 0 Å². The maximum Gasteiger partial charge on any atom is 0.421 e. The van der Waals surface area contributed by atoms with Gasteiger partial charge < -0.3 is 14.6 Å². The molecule has 5 nitrogen and oxygen atoms in total. The van der Waals surface area contributed by atoms with Crippen LogP contribution in [-0.4, -0.2) is 39.2 Å². The smallest absolute Gasteiger partial charge is 0.389 e. The minimum Gasteiger partial charge on any atom is -0.389 e. The quantitative estimate of drug-likeness (QED) is 0.894. The molecule has 1 rings (SSSR count).